The first-order valence-electron chi connectivity index (χ1n) is 11.3. The maximum absolute atomic E-state index is 13.6. The predicted molar refractivity (Wildman–Crippen MR) is 125 cm³/mol. The van der Waals surface area contributed by atoms with Crippen molar-refractivity contribution in [3.63, 3.8) is 0 Å². The Morgan fingerprint density at radius 3 is 2.36 bits per heavy atom. The van der Waals surface area contributed by atoms with E-state index in [0.29, 0.717) is 50.5 Å². The van der Waals surface area contributed by atoms with Gasteiger partial charge in [-0.2, -0.15) is 0 Å². The fourth-order valence-electron chi connectivity index (χ4n) is 4.82. The molecular formula is C25H30N4O4. The van der Waals surface area contributed by atoms with Crippen molar-refractivity contribution in [2.75, 3.05) is 44.9 Å². The molecule has 0 saturated carbocycles. The number of benzene rings is 2. The van der Waals surface area contributed by atoms with Crippen LogP contribution in [0.1, 0.15) is 30.1 Å². The average molecular weight is 451 g/mol. The minimum absolute atomic E-state index is 0.0294. The largest absolute Gasteiger partial charge is 0.496 e. The summed E-state index contributed by atoms with van der Waals surface area (Å²) in [6, 6.07) is 17.0. The van der Waals surface area contributed by atoms with E-state index in [0.717, 1.165) is 5.69 Å². The van der Waals surface area contributed by atoms with Gasteiger partial charge in [0.25, 0.3) is 11.8 Å². The summed E-state index contributed by atoms with van der Waals surface area (Å²) in [5, 5.41) is 2.77. The zero-order chi connectivity index (χ0) is 23.4. The smallest absolute Gasteiger partial charge is 0.257 e. The Morgan fingerprint density at radius 2 is 1.70 bits per heavy atom. The molecule has 33 heavy (non-hydrogen) atoms. The molecule has 2 fully saturated rings. The van der Waals surface area contributed by atoms with Gasteiger partial charge in [-0.3, -0.25) is 14.4 Å². The molecule has 2 aromatic rings. The molecule has 1 spiro atoms. The third-order valence-electron chi connectivity index (χ3n) is 6.51. The first-order valence-corrected chi connectivity index (χ1v) is 11.3. The molecule has 8 heteroatoms. The molecular weight excluding hydrogens is 420 g/mol. The van der Waals surface area contributed by atoms with Crippen LogP contribution in [0.5, 0.6) is 5.75 Å². The lowest BCUT2D eigenvalue weighted by Crippen LogP contribution is -2.57. The molecule has 8 nitrogen and oxygen atoms in total. The standard InChI is InChI=1S/C25H30N4O4/c1-3-26-22(30)17-28-18-29(19-9-5-4-6-10-19)25(24(28)32)13-15-27(16-14-25)23(31)20-11-7-8-12-21(20)33-2/h4-12H,3,13-18H2,1-2H3,(H,26,30). The number of amides is 3. The van der Waals surface area contributed by atoms with Gasteiger partial charge in [0.05, 0.1) is 19.3 Å². The Morgan fingerprint density at radius 1 is 1.03 bits per heavy atom. The van der Waals surface area contributed by atoms with Crippen molar-refractivity contribution in [3.8, 4) is 5.75 Å². The van der Waals surface area contributed by atoms with Gasteiger partial charge in [-0.25, -0.2) is 0 Å². The lowest BCUT2D eigenvalue weighted by Gasteiger charge is -2.43. The number of nitrogens with one attached hydrogen (secondary N) is 1. The molecule has 174 valence electrons. The second kappa shape index (κ2) is 9.52. The van der Waals surface area contributed by atoms with Gasteiger partial charge >= 0.3 is 0 Å². The Balaban J connectivity index is 1.56. The van der Waals surface area contributed by atoms with Crippen molar-refractivity contribution in [3.05, 3.63) is 60.2 Å². The summed E-state index contributed by atoms with van der Waals surface area (Å²) in [4.78, 5) is 44.5. The summed E-state index contributed by atoms with van der Waals surface area (Å²) in [5.74, 6) is 0.221. The van der Waals surface area contributed by atoms with Gasteiger partial charge in [-0.05, 0) is 44.0 Å². The van der Waals surface area contributed by atoms with Crippen molar-refractivity contribution in [1.29, 1.82) is 0 Å². The summed E-state index contributed by atoms with van der Waals surface area (Å²) in [6.07, 6.45) is 0.987. The van der Waals surface area contributed by atoms with Crippen LogP contribution in [-0.4, -0.2) is 73.0 Å². The number of piperidine rings is 1. The summed E-state index contributed by atoms with van der Waals surface area (Å²) < 4.78 is 5.36. The van der Waals surface area contributed by atoms with Crippen LogP contribution in [0.2, 0.25) is 0 Å². The number of carbonyl (C=O) groups is 3. The molecule has 2 heterocycles. The zero-order valence-corrected chi connectivity index (χ0v) is 19.1. The molecule has 1 N–H and O–H groups in total. The normalized spacial score (nSPS) is 17.4. The number of nitrogens with zero attached hydrogens (tertiary/aromatic N) is 3. The number of likely N-dealkylation sites (tertiary alicyclic amines) is 1. The number of rotatable bonds is 6. The molecule has 3 amide bonds. The first kappa shape index (κ1) is 22.6. The van der Waals surface area contributed by atoms with Gasteiger partial charge in [0.2, 0.25) is 5.91 Å². The summed E-state index contributed by atoms with van der Waals surface area (Å²) in [5.41, 5.74) is 0.686. The van der Waals surface area contributed by atoms with Crippen LogP contribution in [0, 0.1) is 0 Å². The van der Waals surface area contributed by atoms with E-state index in [1.165, 1.54) is 0 Å². The van der Waals surface area contributed by atoms with Gasteiger partial charge in [0.1, 0.15) is 17.8 Å². The highest BCUT2D eigenvalue weighted by molar-refractivity contribution is 5.99. The highest BCUT2D eigenvalue weighted by Crippen LogP contribution is 2.39. The van der Waals surface area contributed by atoms with Crippen molar-refractivity contribution >= 4 is 23.4 Å². The quantitative estimate of drug-likeness (QED) is 0.729. The number of para-hydroxylation sites is 2. The van der Waals surface area contributed by atoms with Gasteiger partial charge in [-0.1, -0.05) is 30.3 Å². The zero-order valence-electron chi connectivity index (χ0n) is 19.1. The molecule has 0 unspecified atom stereocenters. The number of anilines is 1. The summed E-state index contributed by atoms with van der Waals surface area (Å²) >= 11 is 0. The van der Waals surface area contributed by atoms with Gasteiger partial charge in [-0.15, -0.1) is 0 Å². The third-order valence-corrected chi connectivity index (χ3v) is 6.51. The molecule has 0 atom stereocenters. The highest BCUT2D eigenvalue weighted by Gasteiger charge is 2.54. The van der Waals surface area contributed by atoms with Crippen LogP contribution in [0.15, 0.2) is 54.6 Å². The van der Waals surface area contributed by atoms with Crippen LogP contribution in [-0.2, 0) is 9.59 Å². The Labute approximate surface area is 194 Å². The minimum atomic E-state index is -0.772. The van der Waals surface area contributed by atoms with E-state index in [1.807, 2.05) is 49.4 Å². The van der Waals surface area contributed by atoms with Crippen LogP contribution >= 0.6 is 0 Å². The van der Waals surface area contributed by atoms with Crippen LogP contribution in [0.3, 0.4) is 0 Å². The Hall–Kier alpha value is -3.55. The number of hydrogen-bond donors (Lipinski definition) is 1. The van der Waals surface area contributed by atoms with Crippen molar-refractivity contribution in [2.24, 2.45) is 0 Å². The molecule has 0 bridgehead atoms. The van der Waals surface area contributed by atoms with Crippen LogP contribution in [0.4, 0.5) is 5.69 Å². The van der Waals surface area contributed by atoms with E-state index in [9.17, 15) is 14.4 Å². The van der Waals surface area contributed by atoms with Gasteiger partial charge in [0.15, 0.2) is 0 Å². The number of hydrogen-bond acceptors (Lipinski definition) is 5. The summed E-state index contributed by atoms with van der Waals surface area (Å²) in [6.45, 7) is 3.65. The van der Waals surface area contributed by atoms with E-state index >= 15 is 0 Å². The minimum Gasteiger partial charge on any atom is -0.496 e. The second-order valence-corrected chi connectivity index (χ2v) is 8.39. The van der Waals surface area contributed by atoms with E-state index in [4.69, 9.17) is 4.74 Å². The average Bonchev–Trinajstić information content (AvgIpc) is 3.10. The number of carbonyl (C=O) groups excluding carboxylic acids is 3. The van der Waals surface area contributed by atoms with Crippen molar-refractivity contribution in [2.45, 2.75) is 25.3 Å². The van der Waals surface area contributed by atoms with Crippen LogP contribution < -0.4 is 15.0 Å². The van der Waals surface area contributed by atoms with Gasteiger partial charge in [0, 0.05) is 25.3 Å². The summed E-state index contributed by atoms with van der Waals surface area (Å²) in [7, 11) is 1.55. The monoisotopic (exact) mass is 450 g/mol. The number of likely N-dealkylation sites (N-methyl/N-ethyl adjacent to an activating group) is 1. The molecule has 0 aliphatic carbocycles. The highest BCUT2D eigenvalue weighted by atomic mass is 16.5. The maximum atomic E-state index is 13.6. The molecule has 4 rings (SSSR count). The SMILES string of the molecule is CCNC(=O)CN1CN(c2ccccc2)C2(CCN(C(=O)c3ccccc3OC)CC2)C1=O. The Bertz CT molecular complexity index is 1020. The van der Waals surface area contributed by atoms with E-state index < -0.39 is 5.54 Å². The number of ether oxygens (including phenoxy) is 1. The topological polar surface area (TPSA) is 82.2 Å². The molecule has 2 aliphatic heterocycles. The molecule has 2 saturated heterocycles. The molecule has 0 radical (unpaired) electrons. The molecule has 2 aliphatic rings. The van der Waals surface area contributed by atoms with Crippen molar-refractivity contribution in [1.82, 2.24) is 15.1 Å². The molecule has 2 aromatic carbocycles. The van der Waals surface area contributed by atoms with Crippen LogP contribution in [0.25, 0.3) is 0 Å². The second-order valence-electron chi connectivity index (χ2n) is 8.39. The number of methoxy groups -OCH3 is 1. The van der Waals surface area contributed by atoms with Crippen molar-refractivity contribution < 1.29 is 19.1 Å². The Kier molecular flexibility index (Phi) is 6.53. The molecule has 0 aromatic heterocycles. The lowest BCUT2D eigenvalue weighted by molar-refractivity contribution is -0.137. The fourth-order valence-corrected chi connectivity index (χ4v) is 4.82. The lowest BCUT2D eigenvalue weighted by atomic mass is 9.85. The fraction of sp³-hybridized carbons (Fsp3) is 0.400. The third kappa shape index (κ3) is 4.25. The predicted octanol–water partition coefficient (Wildman–Crippen LogP) is 2.11. The first-order chi connectivity index (χ1) is 16.0. The van der Waals surface area contributed by atoms with E-state index in [2.05, 4.69) is 10.2 Å². The maximum Gasteiger partial charge on any atom is 0.257 e. The van der Waals surface area contributed by atoms with E-state index in [1.54, 1.807) is 29.0 Å². The van der Waals surface area contributed by atoms with E-state index in [-0.39, 0.29) is 24.3 Å². The van der Waals surface area contributed by atoms with Gasteiger partial charge < -0.3 is 24.8 Å².